The predicted molar refractivity (Wildman–Crippen MR) is 79.7 cm³/mol. The topological polar surface area (TPSA) is 87.0 Å². The zero-order chi connectivity index (χ0) is 16.0. The first-order valence-electron chi connectivity index (χ1n) is 6.94. The van der Waals surface area contributed by atoms with E-state index in [-0.39, 0.29) is 5.82 Å². The normalized spacial score (nSPS) is 15.0. The van der Waals surface area contributed by atoms with Crippen molar-refractivity contribution in [3.8, 4) is 0 Å². The summed E-state index contributed by atoms with van der Waals surface area (Å²) >= 11 is 0. The molecule has 118 valence electrons. The number of benzene rings is 1. The molecule has 7 nitrogen and oxygen atoms in total. The Morgan fingerprint density at radius 3 is 2.73 bits per heavy atom. The number of hydrogen-bond acceptors (Lipinski definition) is 6. The van der Waals surface area contributed by atoms with Crippen molar-refractivity contribution >= 4 is 9.84 Å². The number of fused-ring (bicyclic) bond motifs is 1. The molecule has 1 aromatic carbocycles. The Labute approximate surface area is 129 Å². The van der Waals surface area contributed by atoms with E-state index >= 15 is 0 Å². The SMILES string of the molecule is CC(C)(c1nnn(Cc2ccc3c(c2)COC3)n1)S(C)(=O)=O. The number of tetrazole rings is 1. The van der Waals surface area contributed by atoms with Crippen molar-refractivity contribution < 1.29 is 13.2 Å². The highest BCUT2D eigenvalue weighted by atomic mass is 32.2. The second-order valence-corrected chi connectivity index (χ2v) is 8.59. The van der Waals surface area contributed by atoms with Gasteiger partial charge in [0.2, 0.25) is 0 Å². The van der Waals surface area contributed by atoms with Crippen molar-refractivity contribution in [2.45, 2.75) is 38.4 Å². The van der Waals surface area contributed by atoms with Crippen LogP contribution in [0.25, 0.3) is 0 Å². The van der Waals surface area contributed by atoms with Crippen LogP contribution in [0.15, 0.2) is 18.2 Å². The van der Waals surface area contributed by atoms with Gasteiger partial charge in [-0.05, 0) is 35.8 Å². The van der Waals surface area contributed by atoms with E-state index < -0.39 is 14.6 Å². The summed E-state index contributed by atoms with van der Waals surface area (Å²) in [5, 5.41) is 12.1. The maximum absolute atomic E-state index is 11.8. The maximum Gasteiger partial charge on any atom is 0.195 e. The lowest BCUT2D eigenvalue weighted by Gasteiger charge is -2.17. The van der Waals surface area contributed by atoms with Gasteiger partial charge >= 0.3 is 0 Å². The molecule has 3 rings (SSSR count). The molecular formula is C14H18N4O3S. The van der Waals surface area contributed by atoms with Gasteiger partial charge in [0, 0.05) is 6.26 Å². The van der Waals surface area contributed by atoms with Crippen LogP contribution in [0.2, 0.25) is 0 Å². The zero-order valence-corrected chi connectivity index (χ0v) is 13.6. The molecule has 1 aliphatic heterocycles. The van der Waals surface area contributed by atoms with Gasteiger partial charge in [-0.3, -0.25) is 0 Å². The second kappa shape index (κ2) is 5.13. The predicted octanol–water partition coefficient (Wildman–Crippen LogP) is 1.03. The van der Waals surface area contributed by atoms with Gasteiger partial charge in [0.1, 0.15) is 4.75 Å². The first-order valence-corrected chi connectivity index (χ1v) is 8.83. The fourth-order valence-corrected chi connectivity index (χ4v) is 2.62. The van der Waals surface area contributed by atoms with Crippen LogP contribution in [0, 0.1) is 0 Å². The lowest BCUT2D eigenvalue weighted by Crippen LogP contribution is -2.29. The Morgan fingerprint density at radius 1 is 1.27 bits per heavy atom. The molecule has 22 heavy (non-hydrogen) atoms. The van der Waals surface area contributed by atoms with Gasteiger partial charge in [-0.1, -0.05) is 18.2 Å². The Balaban J connectivity index is 1.83. The van der Waals surface area contributed by atoms with Crippen LogP contribution in [0.1, 0.15) is 36.4 Å². The van der Waals surface area contributed by atoms with Crippen molar-refractivity contribution in [3.63, 3.8) is 0 Å². The number of sulfone groups is 1. The van der Waals surface area contributed by atoms with Crippen molar-refractivity contribution in [2.75, 3.05) is 6.26 Å². The molecule has 0 radical (unpaired) electrons. The van der Waals surface area contributed by atoms with Gasteiger partial charge in [0.25, 0.3) is 0 Å². The molecule has 1 aromatic heterocycles. The summed E-state index contributed by atoms with van der Waals surface area (Å²) in [5.41, 5.74) is 3.41. The lowest BCUT2D eigenvalue weighted by atomic mass is 10.1. The highest BCUT2D eigenvalue weighted by Crippen LogP contribution is 2.25. The van der Waals surface area contributed by atoms with Crippen LogP contribution in [0.4, 0.5) is 0 Å². The molecule has 8 heteroatoms. The number of ether oxygens (including phenoxy) is 1. The third-order valence-electron chi connectivity index (χ3n) is 4.03. The molecule has 1 aliphatic rings. The Kier molecular flexibility index (Phi) is 3.53. The van der Waals surface area contributed by atoms with Crippen molar-refractivity contribution in [2.24, 2.45) is 0 Å². The Bertz CT molecular complexity index is 811. The molecule has 2 heterocycles. The van der Waals surface area contributed by atoms with Crippen LogP contribution in [-0.2, 0) is 39.1 Å². The molecule has 0 saturated heterocycles. The summed E-state index contributed by atoms with van der Waals surface area (Å²) in [6.45, 7) is 4.89. The van der Waals surface area contributed by atoms with E-state index in [0.717, 1.165) is 5.56 Å². The zero-order valence-electron chi connectivity index (χ0n) is 12.8. The van der Waals surface area contributed by atoms with Gasteiger partial charge in [-0.2, -0.15) is 4.80 Å². The lowest BCUT2D eigenvalue weighted by molar-refractivity contribution is 0.134. The van der Waals surface area contributed by atoms with E-state index in [4.69, 9.17) is 4.74 Å². The molecular weight excluding hydrogens is 304 g/mol. The minimum Gasteiger partial charge on any atom is -0.372 e. The average molecular weight is 322 g/mol. The van der Waals surface area contributed by atoms with Crippen molar-refractivity contribution in [1.82, 2.24) is 20.2 Å². The third-order valence-corrected chi connectivity index (χ3v) is 6.06. The molecule has 0 saturated carbocycles. The van der Waals surface area contributed by atoms with E-state index in [1.165, 1.54) is 22.2 Å². The molecule has 0 bridgehead atoms. The first kappa shape index (κ1) is 15.1. The molecule has 2 aromatic rings. The van der Waals surface area contributed by atoms with Crippen LogP contribution in [0.3, 0.4) is 0 Å². The molecule has 0 spiro atoms. The Morgan fingerprint density at radius 2 is 2.00 bits per heavy atom. The second-order valence-electron chi connectivity index (χ2n) is 6.02. The maximum atomic E-state index is 11.8. The van der Waals surface area contributed by atoms with E-state index in [2.05, 4.69) is 21.5 Å². The first-order chi connectivity index (χ1) is 10.3. The standard InChI is InChI=1S/C14H18N4O3S/c1-14(2,22(3,19)20)13-15-17-18(16-13)7-10-4-5-11-8-21-9-12(11)6-10/h4-6H,7-9H2,1-3H3. The van der Waals surface area contributed by atoms with Gasteiger partial charge in [0.05, 0.1) is 19.8 Å². The van der Waals surface area contributed by atoms with E-state index in [0.29, 0.717) is 19.8 Å². The fraction of sp³-hybridized carbons (Fsp3) is 0.500. The summed E-state index contributed by atoms with van der Waals surface area (Å²) < 4.78 is 27.9. The largest absolute Gasteiger partial charge is 0.372 e. The van der Waals surface area contributed by atoms with Gasteiger partial charge in [0.15, 0.2) is 15.7 Å². The molecule has 0 fully saturated rings. The molecule has 0 unspecified atom stereocenters. The average Bonchev–Trinajstić information content (AvgIpc) is 3.05. The number of rotatable bonds is 4. The van der Waals surface area contributed by atoms with Crippen LogP contribution in [-0.4, -0.2) is 34.9 Å². The number of aromatic nitrogens is 4. The van der Waals surface area contributed by atoms with Gasteiger partial charge in [-0.25, -0.2) is 8.42 Å². The molecule has 0 N–H and O–H groups in total. The summed E-state index contributed by atoms with van der Waals surface area (Å²) in [5.74, 6) is 0.208. The number of hydrogen-bond donors (Lipinski definition) is 0. The summed E-state index contributed by atoms with van der Waals surface area (Å²) in [7, 11) is -3.32. The molecule has 0 aliphatic carbocycles. The van der Waals surface area contributed by atoms with Gasteiger partial charge < -0.3 is 4.74 Å². The van der Waals surface area contributed by atoms with E-state index in [1.54, 1.807) is 13.8 Å². The van der Waals surface area contributed by atoms with Gasteiger partial charge in [-0.15, -0.1) is 10.2 Å². The number of nitrogens with zero attached hydrogens (tertiary/aromatic N) is 4. The van der Waals surface area contributed by atoms with Crippen LogP contribution in [0.5, 0.6) is 0 Å². The molecule has 0 atom stereocenters. The summed E-state index contributed by atoms with van der Waals surface area (Å²) in [6, 6.07) is 6.10. The highest BCUT2D eigenvalue weighted by Gasteiger charge is 2.37. The monoisotopic (exact) mass is 322 g/mol. The minimum atomic E-state index is -3.32. The third kappa shape index (κ3) is 2.64. The van der Waals surface area contributed by atoms with Crippen LogP contribution >= 0.6 is 0 Å². The quantitative estimate of drug-likeness (QED) is 0.835. The smallest absolute Gasteiger partial charge is 0.195 e. The Hall–Kier alpha value is -1.80. The summed E-state index contributed by atoms with van der Waals surface area (Å²) in [6.07, 6.45) is 1.17. The minimum absolute atomic E-state index is 0.208. The fourth-order valence-electron chi connectivity index (χ4n) is 2.20. The van der Waals surface area contributed by atoms with Crippen molar-refractivity contribution in [1.29, 1.82) is 0 Å². The highest BCUT2D eigenvalue weighted by molar-refractivity contribution is 7.91. The summed E-state index contributed by atoms with van der Waals surface area (Å²) in [4.78, 5) is 1.42. The van der Waals surface area contributed by atoms with Crippen LogP contribution < -0.4 is 0 Å². The van der Waals surface area contributed by atoms with E-state index in [9.17, 15) is 8.42 Å². The van der Waals surface area contributed by atoms with E-state index in [1.807, 2.05) is 12.1 Å². The molecule has 0 amide bonds. The van der Waals surface area contributed by atoms with Crippen molar-refractivity contribution in [3.05, 3.63) is 40.7 Å².